The predicted molar refractivity (Wildman–Crippen MR) is 96.4 cm³/mol. The van der Waals surface area contributed by atoms with Gasteiger partial charge in [-0.3, -0.25) is 4.79 Å². The largest absolute Gasteiger partial charge is 0.497 e. The SMILES string of the molecule is COc1ccc(S(=O)(=O)NCC(=O)Nc2cc(OC)ccc2OC)cc1. The molecule has 9 heteroatoms. The molecule has 2 rings (SSSR count). The average Bonchev–Trinajstić information content (AvgIpc) is 2.66. The number of nitrogens with one attached hydrogen (secondary N) is 2. The van der Waals surface area contributed by atoms with Crippen LogP contribution in [0.3, 0.4) is 0 Å². The van der Waals surface area contributed by atoms with Gasteiger partial charge in [0.15, 0.2) is 0 Å². The van der Waals surface area contributed by atoms with Gasteiger partial charge in [0.1, 0.15) is 17.2 Å². The average molecular weight is 380 g/mol. The lowest BCUT2D eigenvalue weighted by atomic mass is 10.2. The van der Waals surface area contributed by atoms with Crippen LogP contribution in [0.15, 0.2) is 47.4 Å². The van der Waals surface area contributed by atoms with Gasteiger partial charge in [-0.2, -0.15) is 0 Å². The van der Waals surface area contributed by atoms with Gasteiger partial charge in [0, 0.05) is 6.07 Å². The molecule has 0 heterocycles. The van der Waals surface area contributed by atoms with Crippen molar-refractivity contribution in [2.75, 3.05) is 33.2 Å². The number of carbonyl (C=O) groups excluding carboxylic acids is 1. The highest BCUT2D eigenvalue weighted by atomic mass is 32.2. The number of methoxy groups -OCH3 is 3. The first kappa shape index (κ1) is 19.5. The molecule has 1 amide bonds. The minimum absolute atomic E-state index is 0.0325. The minimum atomic E-state index is -3.82. The first-order chi connectivity index (χ1) is 12.4. The third-order valence-corrected chi connectivity index (χ3v) is 4.89. The molecule has 0 unspecified atom stereocenters. The summed E-state index contributed by atoms with van der Waals surface area (Å²) >= 11 is 0. The van der Waals surface area contributed by atoms with Crippen LogP contribution < -0.4 is 24.2 Å². The number of benzene rings is 2. The number of carbonyl (C=O) groups is 1. The van der Waals surface area contributed by atoms with Gasteiger partial charge in [0.2, 0.25) is 15.9 Å². The van der Waals surface area contributed by atoms with Crippen molar-refractivity contribution >= 4 is 21.6 Å². The molecule has 0 aliphatic carbocycles. The molecule has 0 radical (unpaired) electrons. The fourth-order valence-electron chi connectivity index (χ4n) is 2.10. The van der Waals surface area contributed by atoms with Crippen LogP contribution in [0.2, 0.25) is 0 Å². The zero-order valence-corrected chi connectivity index (χ0v) is 15.4. The summed E-state index contributed by atoms with van der Waals surface area (Å²) in [7, 11) is 0.620. The van der Waals surface area contributed by atoms with Crippen LogP contribution in [0.4, 0.5) is 5.69 Å². The molecule has 8 nitrogen and oxygen atoms in total. The zero-order chi connectivity index (χ0) is 19.2. The number of hydrogen-bond donors (Lipinski definition) is 2. The summed E-state index contributed by atoms with van der Waals surface area (Å²) in [5, 5.41) is 2.59. The lowest BCUT2D eigenvalue weighted by molar-refractivity contribution is -0.115. The fourth-order valence-corrected chi connectivity index (χ4v) is 3.09. The number of amides is 1. The smallest absolute Gasteiger partial charge is 0.241 e. The summed E-state index contributed by atoms with van der Waals surface area (Å²) in [5.74, 6) is 0.942. The fraction of sp³-hybridized carbons (Fsp3) is 0.235. The van der Waals surface area contributed by atoms with E-state index >= 15 is 0 Å². The van der Waals surface area contributed by atoms with Crippen LogP contribution in [0.1, 0.15) is 0 Å². The Labute approximate surface area is 152 Å². The van der Waals surface area contributed by atoms with Crippen molar-refractivity contribution in [2.45, 2.75) is 4.90 Å². The Morgan fingerprint density at radius 1 is 0.923 bits per heavy atom. The number of rotatable bonds is 8. The Hall–Kier alpha value is -2.78. The highest BCUT2D eigenvalue weighted by molar-refractivity contribution is 7.89. The molecule has 2 N–H and O–H groups in total. The highest BCUT2D eigenvalue weighted by Gasteiger charge is 2.16. The molecule has 0 aromatic heterocycles. The molecule has 140 valence electrons. The van der Waals surface area contributed by atoms with Gasteiger partial charge in [-0.15, -0.1) is 0 Å². The van der Waals surface area contributed by atoms with Crippen molar-refractivity contribution in [3.63, 3.8) is 0 Å². The van der Waals surface area contributed by atoms with Gasteiger partial charge in [-0.25, -0.2) is 13.1 Å². The third kappa shape index (κ3) is 4.87. The second kappa shape index (κ2) is 8.54. The second-order valence-electron chi connectivity index (χ2n) is 5.11. The maximum absolute atomic E-state index is 12.2. The van der Waals surface area contributed by atoms with Crippen molar-refractivity contribution in [1.29, 1.82) is 0 Å². The third-order valence-electron chi connectivity index (χ3n) is 3.47. The van der Waals surface area contributed by atoms with Gasteiger partial charge in [0.05, 0.1) is 38.5 Å². The lowest BCUT2D eigenvalue weighted by Crippen LogP contribution is -2.33. The molecule has 0 fully saturated rings. The molecule has 0 aliphatic heterocycles. The van der Waals surface area contributed by atoms with Gasteiger partial charge in [-0.05, 0) is 36.4 Å². The Balaban J connectivity index is 2.03. The maximum Gasteiger partial charge on any atom is 0.241 e. The van der Waals surface area contributed by atoms with Crippen molar-refractivity contribution in [3.05, 3.63) is 42.5 Å². The normalized spacial score (nSPS) is 10.9. The molecule has 2 aromatic carbocycles. The van der Waals surface area contributed by atoms with Crippen molar-refractivity contribution in [2.24, 2.45) is 0 Å². The van der Waals surface area contributed by atoms with E-state index in [0.29, 0.717) is 22.9 Å². The molecule has 26 heavy (non-hydrogen) atoms. The summed E-state index contributed by atoms with van der Waals surface area (Å²) in [6.07, 6.45) is 0. The van der Waals surface area contributed by atoms with E-state index in [1.807, 2.05) is 0 Å². The van der Waals surface area contributed by atoms with Crippen LogP contribution in [0.5, 0.6) is 17.2 Å². The standard InChI is InChI=1S/C17H20N2O6S/c1-23-12-4-7-14(8-5-12)26(21,22)18-11-17(20)19-15-10-13(24-2)6-9-16(15)25-3/h4-10,18H,11H2,1-3H3,(H,19,20). The molecule has 0 saturated carbocycles. The first-order valence-electron chi connectivity index (χ1n) is 7.55. The van der Waals surface area contributed by atoms with Gasteiger partial charge < -0.3 is 19.5 Å². The second-order valence-corrected chi connectivity index (χ2v) is 6.88. The van der Waals surface area contributed by atoms with E-state index in [1.165, 1.54) is 45.6 Å². The number of sulfonamides is 1. The highest BCUT2D eigenvalue weighted by Crippen LogP contribution is 2.28. The Morgan fingerprint density at radius 3 is 2.12 bits per heavy atom. The molecule has 0 bridgehead atoms. The molecule has 2 aromatic rings. The van der Waals surface area contributed by atoms with E-state index in [4.69, 9.17) is 14.2 Å². The van der Waals surface area contributed by atoms with Crippen LogP contribution in [0.25, 0.3) is 0 Å². The molecule has 0 atom stereocenters. The van der Waals surface area contributed by atoms with Crippen LogP contribution >= 0.6 is 0 Å². The zero-order valence-electron chi connectivity index (χ0n) is 14.6. The summed E-state index contributed by atoms with van der Waals surface area (Å²) in [4.78, 5) is 12.1. The van der Waals surface area contributed by atoms with Crippen molar-refractivity contribution in [3.8, 4) is 17.2 Å². The minimum Gasteiger partial charge on any atom is -0.497 e. The van der Waals surface area contributed by atoms with E-state index in [9.17, 15) is 13.2 Å². The molecular formula is C17H20N2O6S. The molecule has 0 aliphatic rings. The summed E-state index contributed by atoms with van der Waals surface area (Å²) in [6.45, 7) is -0.436. The van der Waals surface area contributed by atoms with E-state index in [2.05, 4.69) is 10.0 Å². The molecule has 0 spiro atoms. The number of anilines is 1. The van der Waals surface area contributed by atoms with Gasteiger partial charge in [-0.1, -0.05) is 0 Å². The van der Waals surface area contributed by atoms with E-state index in [1.54, 1.807) is 18.2 Å². The molecule has 0 saturated heterocycles. The van der Waals surface area contributed by atoms with Crippen LogP contribution in [-0.2, 0) is 14.8 Å². The Morgan fingerprint density at radius 2 is 1.54 bits per heavy atom. The van der Waals surface area contributed by atoms with Crippen molar-refractivity contribution < 1.29 is 27.4 Å². The lowest BCUT2D eigenvalue weighted by Gasteiger charge is -2.12. The molecular weight excluding hydrogens is 360 g/mol. The number of hydrogen-bond acceptors (Lipinski definition) is 6. The van der Waals surface area contributed by atoms with Crippen LogP contribution in [-0.4, -0.2) is 42.2 Å². The van der Waals surface area contributed by atoms with Gasteiger partial charge >= 0.3 is 0 Å². The van der Waals surface area contributed by atoms with E-state index in [0.717, 1.165) is 0 Å². The first-order valence-corrected chi connectivity index (χ1v) is 9.03. The summed E-state index contributed by atoms with van der Waals surface area (Å²) in [5.41, 5.74) is 0.375. The monoisotopic (exact) mass is 380 g/mol. The Bertz CT molecular complexity index is 865. The summed E-state index contributed by atoms with van der Waals surface area (Å²) in [6, 6.07) is 10.7. The van der Waals surface area contributed by atoms with E-state index < -0.39 is 22.5 Å². The predicted octanol–water partition coefficient (Wildman–Crippen LogP) is 1.63. The van der Waals surface area contributed by atoms with E-state index in [-0.39, 0.29) is 4.90 Å². The topological polar surface area (TPSA) is 103 Å². The van der Waals surface area contributed by atoms with Gasteiger partial charge in [0.25, 0.3) is 0 Å². The maximum atomic E-state index is 12.2. The number of ether oxygens (including phenoxy) is 3. The van der Waals surface area contributed by atoms with Crippen molar-refractivity contribution in [1.82, 2.24) is 4.72 Å². The summed E-state index contributed by atoms with van der Waals surface area (Å²) < 4.78 is 42.0. The van der Waals surface area contributed by atoms with Crippen LogP contribution in [0, 0.1) is 0 Å². The Kier molecular flexibility index (Phi) is 6.42. The quantitative estimate of drug-likeness (QED) is 0.722.